The van der Waals surface area contributed by atoms with Crippen molar-refractivity contribution in [2.75, 3.05) is 18.6 Å². The van der Waals surface area contributed by atoms with Crippen molar-refractivity contribution in [3.05, 3.63) is 84.4 Å². The molecule has 27 heavy (non-hydrogen) atoms. The molecule has 0 spiro atoms. The van der Waals surface area contributed by atoms with Gasteiger partial charge in [0.05, 0.1) is 5.56 Å². The largest absolute Gasteiger partial charge is 0.508 e. The molecule has 0 aliphatic heterocycles. The smallest absolute Gasteiger partial charge is 0.338 e. The number of phenols is 1. The van der Waals surface area contributed by atoms with Gasteiger partial charge in [0.25, 0.3) is 5.91 Å². The Balaban J connectivity index is 1.59. The molecule has 1 N–H and O–H groups in total. The van der Waals surface area contributed by atoms with E-state index in [9.17, 15) is 14.7 Å². The Labute approximate surface area is 157 Å². The highest BCUT2D eigenvalue weighted by molar-refractivity contribution is 5.96. The van der Waals surface area contributed by atoms with Crippen LogP contribution >= 0.6 is 0 Å². The number of carbonyl (C=O) groups is 2. The Kier molecular flexibility index (Phi) is 5.52. The van der Waals surface area contributed by atoms with Crippen LogP contribution in [0.4, 0.5) is 5.69 Å². The minimum Gasteiger partial charge on any atom is -0.508 e. The third-order valence-corrected chi connectivity index (χ3v) is 4.17. The van der Waals surface area contributed by atoms with E-state index in [-0.39, 0.29) is 18.3 Å². The van der Waals surface area contributed by atoms with E-state index in [1.54, 1.807) is 55.6 Å². The molecule has 0 aromatic heterocycles. The maximum atomic E-state index is 12.2. The Bertz CT molecular complexity index is 919. The maximum absolute atomic E-state index is 12.2. The first-order valence-corrected chi connectivity index (χ1v) is 8.43. The van der Waals surface area contributed by atoms with Crippen LogP contribution in [0.2, 0.25) is 0 Å². The number of nitrogens with zero attached hydrogens (tertiary/aromatic N) is 1. The first-order chi connectivity index (χ1) is 13.0. The van der Waals surface area contributed by atoms with E-state index in [1.165, 1.54) is 4.90 Å². The lowest BCUT2D eigenvalue weighted by atomic mass is 10.0. The monoisotopic (exact) mass is 361 g/mol. The zero-order chi connectivity index (χ0) is 19.2. The van der Waals surface area contributed by atoms with Crippen LogP contribution in [0.15, 0.2) is 78.9 Å². The van der Waals surface area contributed by atoms with Gasteiger partial charge in [-0.1, -0.05) is 42.5 Å². The molecule has 3 aromatic carbocycles. The average molecular weight is 361 g/mol. The lowest BCUT2D eigenvalue weighted by Gasteiger charge is -2.17. The number of hydrogen-bond acceptors (Lipinski definition) is 4. The SMILES string of the molecule is CN(C(=O)COC(=O)c1ccc(-c2ccc(O)cc2)cc1)c1ccccc1. The van der Waals surface area contributed by atoms with E-state index < -0.39 is 5.97 Å². The summed E-state index contributed by atoms with van der Waals surface area (Å²) in [4.78, 5) is 25.8. The highest BCUT2D eigenvalue weighted by Crippen LogP contribution is 2.22. The minimum absolute atomic E-state index is 0.198. The fraction of sp³-hybridized carbons (Fsp3) is 0.0909. The Morgan fingerprint density at radius 3 is 2.00 bits per heavy atom. The molecule has 0 saturated heterocycles. The van der Waals surface area contributed by atoms with Crippen molar-refractivity contribution in [1.82, 2.24) is 0 Å². The molecule has 0 bridgehead atoms. The first-order valence-electron chi connectivity index (χ1n) is 8.43. The normalized spacial score (nSPS) is 10.3. The number of carbonyl (C=O) groups excluding carboxylic acids is 2. The molecule has 3 aromatic rings. The molecule has 136 valence electrons. The van der Waals surface area contributed by atoms with Crippen molar-refractivity contribution < 1.29 is 19.4 Å². The molecule has 0 radical (unpaired) electrons. The van der Waals surface area contributed by atoms with Gasteiger partial charge in [0.2, 0.25) is 0 Å². The summed E-state index contributed by atoms with van der Waals surface area (Å²) in [6.07, 6.45) is 0. The van der Waals surface area contributed by atoms with Gasteiger partial charge in [-0.15, -0.1) is 0 Å². The van der Waals surface area contributed by atoms with Gasteiger partial charge in [0, 0.05) is 12.7 Å². The van der Waals surface area contributed by atoms with Gasteiger partial charge in [0.1, 0.15) is 5.75 Å². The predicted octanol–water partition coefficient (Wildman–Crippen LogP) is 3.88. The lowest BCUT2D eigenvalue weighted by Crippen LogP contribution is -2.31. The predicted molar refractivity (Wildman–Crippen MR) is 104 cm³/mol. The number of para-hydroxylation sites is 1. The van der Waals surface area contributed by atoms with Crippen molar-refractivity contribution in [2.45, 2.75) is 0 Å². The zero-order valence-electron chi connectivity index (χ0n) is 14.8. The zero-order valence-corrected chi connectivity index (χ0v) is 14.8. The number of anilines is 1. The Hall–Kier alpha value is -3.60. The van der Waals surface area contributed by atoms with E-state index in [4.69, 9.17) is 4.74 Å². The number of amides is 1. The summed E-state index contributed by atoms with van der Waals surface area (Å²) >= 11 is 0. The summed E-state index contributed by atoms with van der Waals surface area (Å²) in [5.74, 6) is -0.665. The lowest BCUT2D eigenvalue weighted by molar-refractivity contribution is -0.121. The molecule has 0 aliphatic carbocycles. The first kappa shape index (κ1) is 18.2. The standard InChI is InChI=1S/C22H19NO4/c1-23(19-5-3-2-4-6-19)21(25)15-27-22(26)18-9-7-16(8-10-18)17-11-13-20(24)14-12-17/h2-14,24H,15H2,1H3. The molecule has 3 rings (SSSR count). The van der Waals surface area contributed by atoms with Gasteiger partial charge in [-0.25, -0.2) is 4.79 Å². The summed E-state index contributed by atoms with van der Waals surface area (Å²) in [6.45, 7) is -0.329. The second kappa shape index (κ2) is 8.19. The average Bonchev–Trinajstić information content (AvgIpc) is 2.72. The van der Waals surface area contributed by atoms with Crippen molar-refractivity contribution in [3.63, 3.8) is 0 Å². The highest BCUT2D eigenvalue weighted by Gasteiger charge is 2.14. The third kappa shape index (κ3) is 4.52. The number of likely N-dealkylation sites (N-methyl/N-ethyl adjacent to an activating group) is 1. The molecule has 0 fully saturated rings. The fourth-order valence-electron chi connectivity index (χ4n) is 2.56. The van der Waals surface area contributed by atoms with Crippen LogP contribution in [0.3, 0.4) is 0 Å². The molecule has 0 aliphatic rings. The van der Waals surface area contributed by atoms with Crippen molar-refractivity contribution >= 4 is 17.6 Å². The maximum Gasteiger partial charge on any atom is 0.338 e. The number of ether oxygens (including phenoxy) is 1. The molecule has 5 nitrogen and oxygen atoms in total. The second-order valence-corrected chi connectivity index (χ2v) is 5.99. The third-order valence-electron chi connectivity index (χ3n) is 4.17. The van der Waals surface area contributed by atoms with Crippen LogP contribution < -0.4 is 4.90 Å². The Morgan fingerprint density at radius 1 is 0.852 bits per heavy atom. The van der Waals surface area contributed by atoms with E-state index in [0.29, 0.717) is 5.56 Å². The molecular weight excluding hydrogens is 342 g/mol. The molecule has 0 unspecified atom stereocenters. The summed E-state index contributed by atoms with van der Waals surface area (Å²) in [6, 6.07) is 22.8. The van der Waals surface area contributed by atoms with Crippen LogP contribution in [0, 0.1) is 0 Å². The molecule has 0 saturated carbocycles. The minimum atomic E-state index is -0.554. The number of hydrogen-bond donors (Lipinski definition) is 1. The summed E-state index contributed by atoms with van der Waals surface area (Å²) < 4.78 is 5.13. The summed E-state index contributed by atoms with van der Waals surface area (Å²) in [5, 5.41) is 9.34. The fourth-order valence-corrected chi connectivity index (χ4v) is 2.56. The van der Waals surface area contributed by atoms with Gasteiger partial charge >= 0.3 is 5.97 Å². The quantitative estimate of drug-likeness (QED) is 0.701. The molecule has 0 heterocycles. The molecule has 0 atom stereocenters. The van der Waals surface area contributed by atoms with E-state index in [2.05, 4.69) is 0 Å². The van der Waals surface area contributed by atoms with Crippen LogP contribution in [-0.2, 0) is 9.53 Å². The van der Waals surface area contributed by atoms with Gasteiger partial charge in [0.15, 0.2) is 6.61 Å². The van der Waals surface area contributed by atoms with E-state index in [1.807, 2.05) is 30.3 Å². The number of aromatic hydroxyl groups is 1. The number of phenolic OH excluding ortho intramolecular Hbond substituents is 1. The molecular formula is C22H19NO4. The van der Waals surface area contributed by atoms with Crippen molar-refractivity contribution in [2.24, 2.45) is 0 Å². The summed E-state index contributed by atoms with van der Waals surface area (Å²) in [7, 11) is 1.64. The van der Waals surface area contributed by atoms with Gasteiger partial charge in [-0.2, -0.15) is 0 Å². The highest BCUT2D eigenvalue weighted by atomic mass is 16.5. The van der Waals surface area contributed by atoms with Crippen LogP contribution in [0.1, 0.15) is 10.4 Å². The van der Waals surface area contributed by atoms with Gasteiger partial charge < -0.3 is 14.7 Å². The second-order valence-electron chi connectivity index (χ2n) is 5.99. The van der Waals surface area contributed by atoms with Gasteiger partial charge in [-0.3, -0.25) is 4.79 Å². The van der Waals surface area contributed by atoms with E-state index in [0.717, 1.165) is 16.8 Å². The van der Waals surface area contributed by atoms with Gasteiger partial charge in [-0.05, 0) is 47.5 Å². The molecule has 1 amide bonds. The van der Waals surface area contributed by atoms with E-state index >= 15 is 0 Å². The van der Waals surface area contributed by atoms with Crippen LogP contribution in [0.5, 0.6) is 5.75 Å². The molecule has 5 heteroatoms. The summed E-state index contributed by atoms with van der Waals surface area (Å²) in [5.41, 5.74) is 2.93. The topological polar surface area (TPSA) is 66.8 Å². The number of benzene rings is 3. The van der Waals surface area contributed by atoms with Crippen molar-refractivity contribution in [3.8, 4) is 16.9 Å². The number of esters is 1. The number of rotatable bonds is 5. The van der Waals surface area contributed by atoms with Crippen LogP contribution in [-0.4, -0.2) is 30.6 Å². The van der Waals surface area contributed by atoms with Crippen LogP contribution in [0.25, 0.3) is 11.1 Å². The Morgan fingerprint density at radius 2 is 1.41 bits per heavy atom. The van der Waals surface area contributed by atoms with Crippen molar-refractivity contribution in [1.29, 1.82) is 0 Å².